The van der Waals surface area contributed by atoms with Crippen molar-refractivity contribution in [3.05, 3.63) is 35.9 Å². The highest BCUT2D eigenvalue weighted by Crippen LogP contribution is 2.33. The minimum Gasteiger partial charge on any atom is -0.381 e. The molecule has 1 atom stereocenters. The van der Waals surface area contributed by atoms with Crippen LogP contribution in [0.15, 0.2) is 30.3 Å². The highest BCUT2D eigenvalue weighted by molar-refractivity contribution is 9.09. The maximum atomic E-state index is 5.75. The van der Waals surface area contributed by atoms with Crippen LogP contribution in [0, 0.1) is 5.92 Å². The van der Waals surface area contributed by atoms with Crippen molar-refractivity contribution in [2.24, 2.45) is 5.92 Å². The summed E-state index contributed by atoms with van der Waals surface area (Å²) in [7, 11) is 0. The van der Waals surface area contributed by atoms with Crippen molar-refractivity contribution in [1.82, 2.24) is 0 Å². The van der Waals surface area contributed by atoms with Crippen LogP contribution < -0.4 is 0 Å². The summed E-state index contributed by atoms with van der Waals surface area (Å²) in [6, 6.07) is 10.8. The normalized spacial score (nSPS) is 14.7. The molecule has 0 fully saturated rings. The van der Waals surface area contributed by atoms with Gasteiger partial charge < -0.3 is 4.74 Å². The van der Waals surface area contributed by atoms with Gasteiger partial charge in [0, 0.05) is 24.0 Å². The van der Waals surface area contributed by atoms with E-state index in [0.29, 0.717) is 5.92 Å². The Labute approximate surface area is 120 Å². The quantitative estimate of drug-likeness (QED) is 0.495. The first-order valence-corrected chi connectivity index (χ1v) is 7.96. The van der Waals surface area contributed by atoms with Crippen molar-refractivity contribution in [3.63, 3.8) is 0 Å². The van der Waals surface area contributed by atoms with E-state index in [-0.39, 0.29) is 5.41 Å². The van der Waals surface area contributed by atoms with E-state index in [1.165, 1.54) is 5.56 Å². The van der Waals surface area contributed by atoms with Crippen molar-refractivity contribution in [2.75, 3.05) is 18.5 Å². The predicted molar refractivity (Wildman–Crippen MR) is 82.5 cm³/mol. The zero-order valence-corrected chi connectivity index (χ0v) is 13.4. The second-order valence-corrected chi connectivity index (χ2v) is 5.91. The first-order valence-electron chi connectivity index (χ1n) is 6.84. The number of benzene rings is 1. The third kappa shape index (κ3) is 4.40. The molecule has 2 heteroatoms. The van der Waals surface area contributed by atoms with Gasteiger partial charge in [-0.1, -0.05) is 67.0 Å². The van der Waals surface area contributed by atoms with Gasteiger partial charge in [-0.05, 0) is 24.3 Å². The molecule has 102 valence electrons. The molecular weight excluding hydrogens is 288 g/mol. The second kappa shape index (κ2) is 7.96. The second-order valence-electron chi connectivity index (χ2n) is 5.35. The van der Waals surface area contributed by atoms with Crippen LogP contribution >= 0.6 is 15.9 Å². The molecule has 0 aromatic heterocycles. The standard InChI is InChI=1S/C16H25BrO/c1-4-16(13-17,10-11-18-12-14(2)3)15-8-6-5-7-9-15/h5-9,14H,4,10-13H2,1-3H3. The summed E-state index contributed by atoms with van der Waals surface area (Å²) in [6.07, 6.45) is 2.21. The molecule has 0 heterocycles. The number of hydrogen-bond donors (Lipinski definition) is 0. The molecule has 1 unspecified atom stereocenters. The Morgan fingerprint density at radius 2 is 1.89 bits per heavy atom. The minimum absolute atomic E-state index is 0.207. The SMILES string of the molecule is CCC(CBr)(CCOCC(C)C)c1ccccc1. The van der Waals surface area contributed by atoms with Crippen LogP contribution in [0.1, 0.15) is 39.2 Å². The Kier molecular flexibility index (Phi) is 6.95. The highest BCUT2D eigenvalue weighted by Gasteiger charge is 2.28. The summed E-state index contributed by atoms with van der Waals surface area (Å²) < 4.78 is 5.75. The predicted octanol–water partition coefficient (Wildman–Crippen LogP) is 4.79. The van der Waals surface area contributed by atoms with Crippen molar-refractivity contribution < 1.29 is 4.74 Å². The topological polar surface area (TPSA) is 9.23 Å². The van der Waals surface area contributed by atoms with Crippen molar-refractivity contribution in [1.29, 1.82) is 0 Å². The Balaban J connectivity index is 2.64. The molecule has 0 bridgehead atoms. The lowest BCUT2D eigenvalue weighted by molar-refractivity contribution is 0.0944. The van der Waals surface area contributed by atoms with Crippen LogP contribution in [-0.2, 0) is 10.2 Å². The molecule has 0 aliphatic rings. The van der Waals surface area contributed by atoms with E-state index in [2.05, 4.69) is 67.0 Å². The minimum atomic E-state index is 0.207. The Morgan fingerprint density at radius 1 is 1.22 bits per heavy atom. The molecule has 0 N–H and O–H groups in total. The van der Waals surface area contributed by atoms with Crippen molar-refractivity contribution in [3.8, 4) is 0 Å². The van der Waals surface area contributed by atoms with Gasteiger partial charge in [0.25, 0.3) is 0 Å². The van der Waals surface area contributed by atoms with Crippen LogP contribution in [0.4, 0.5) is 0 Å². The van der Waals surface area contributed by atoms with Crippen LogP contribution in [0.25, 0.3) is 0 Å². The van der Waals surface area contributed by atoms with E-state index in [1.54, 1.807) is 0 Å². The molecule has 0 radical (unpaired) electrons. The molecule has 0 aliphatic heterocycles. The smallest absolute Gasteiger partial charge is 0.0488 e. The Morgan fingerprint density at radius 3 is 2.39 bits per heavy atom. The van der Waals surface area contributed by atoms with Crippen LogP contribution in [0.5, 0.6) is 0 Å². The molecule has 0 aliphatic carbocycles. The van der Waals surface area contributed by atoms with Gasteiger partial charge in [-0.25, -0.2) is 0 Å². The van der Waals surface area contributed by atoms with E-state index in [4.69, 9.17) is 4.74 Å². The molecule has 1 aromatic rings. The number of rotatable bonds is 8. The monoisotopic (exact) mass is 312 g/mol. The van der Waals surface area contributed by atoms with Crippen LogP contribution in [0.3, 0.4) is 0 Å². The zero-order chi connectivity index (χ0) is 13.4. The Bertz CT molecular complexity index is 317. The summed E-state index contributed by atoms with van der Waals surface area (Å²) >= 11 is 3.70. The van der Waals surface area contributed by atoms with Gasteiger partial charge in [-0.2, -0.15) is 0 Å². The third-order valence-electron chi connectivity index (χ3n) is 3.49. The van der Waals surface area contributed by atoms with Gasteiger partial charge in [0.2, 0.25) is 0 Å². The summed E-state index contributed by atoms with van der Waals surface area (Å²) in [4.78, 5) is 0. The van der Waals surface area contributed by atoms with Gasteiger partial charge in [-0.15, -0.1) is 0 Å². The van der Waals surface area contributed by atoms with Gasteiger partial charge in [0.1, 0.15) is 0 Å². The van der Waals surface area contributed by atoms with Gasteiger partial charge >= 0.3 is 0 Å². The summed E-state index contributed by atoms with van der Waals surface area (Å²) in [6.45, 7) is 8.34. The first-order chi connectivity index (χ1) is 8.64. The first kappa shape index (κ1) is 15.7. The van der Waals surface area contributed by atoms with Gasteiger partial charge in [-0.3, -0.25) is 0 Å². The van der Waals surface area contributed by atoms with Crippen molar-refractivity contribution in [2.45, 2.75) is 39.0 Å². The van der Waals surface area contributed by atoms with Crippen LogP contribution in [-0.4, -0.2) is 18.5 Å². The van der Waals surface area contributed by atoms with Crippen LogP contribution in [0.2, 0.25) is 0 Å². The summed E-state index contributed by atoms with van der Waals surface area (Å²) in [5, 5.41) is 0.992. The van der Waals surface area contributed by atoms with E-state index in [9.17, 15) is 0 Å². The number of ether oxygens (including phenoxy) is 1. The fraction of sp³-hybridized carbons (Fsp3) is 0.625. The lowest BCUT2D eigenvalue weighted by Crippen LogP contribution is -2.29. The molecule has 1 nitrogen and oxygen atoms in total. The molecule has 0 saturated heterocycles. The summed E-state index contributed by atoms with van der Waals surface area (Å²) in [5.74, 6) is 0.613. The maximum Gasteiger partial charge on any atom is 0.0488 e. The molecule has 0 amide bonds. The van der Waals surface area contributed by atoms with Crippen molar-refractivity contribution >= 4 is 15.9 Å². The molecule has 0 spiro atoms. The third-order valence-corrected chi connectivity index (χ3v) is 4.57. The largest absolute Gasteiger partial charge is 0.381 e. The molecule has 1 rings (SSSR count). The lowest BCUT2D eigenvalue weighted by atomic mass is 9.77. The maximum absolute atomic E-state index is 5.75. The Hall–Kier alpha value is -0.340. The molecule has 18 heavy (non-hydrogen) atoms. The molecular formula is C16H25BrO. The average molecular weight is 313 g/mol. The van der Waals surface area contributed by atoms with E-state index < -0.39 is 0 Å². The fourth-order valence-corrected chi connectivity index (χ4v) is 3.14. The van der Waals surface area contributed by atoms with E-state index in [1.807, 2.05) is 0 Å². The number of halogens is 1. The van der Waals surface area contributed by atoms with E-state index in [0.717, 1.165) is 31.4 Å². The summed E-state index contributed by atoms with van der Waals surface area (Å²) in [5.41, 5.74) is 1.62. The fourth-order valence-electron chi connectivity index (χ4n) is 2.14. The molecule has 1 aromatic carbocycles. The zero-order valence-electron chi connectivity index (χ0n) is 11.8. The molecule has 0 saturated carbocycles. The number of alkyl halides is 1. The van der Waals surface area contributed by atoms with Gasteiger partial charge in [0.05, 0.1) is 0 Å². The lowest BCUT2D eigenvalue weighted by Gasteiger charge is -2.31. The van der Waals surface area contributed by atoms with E-state index >= 15 is 0 Å². The highest BCUT2D eigenvalue weighted by atomic mass is 79.9. The van der Waals surface area contributed by atoms with Gasteiger partial charge in [0.15, 0.2) is 0 Å². The number of hydrogen-bond acceptors (Lipinski definition) is 1. The average Bonchev–Trinajstić information content (AvgIpc) is 2.40.